The maximum atomic E-state index is 13.6. The van der Waals surface area contributed by atoms with Crippen molar-refractivity contribution in [3.8, 4) is 10.6 Å². The fourth-order valence-electron chi connectivity index (χ4n) is 3.23. The predicted molar refractivity (Wildman–Crippen MR) is 118 cm³/mol. The highest BCUT2D eigenvalue weighted by Crippen LogP contribution is 2.33. The van der Waals surface area contributed by atoms with Crippen LogP contribution in [0.4, 0.5) is 5.69 Å². The van der Waals surface area contributed by atoms with Crippen molar-refractivity contribution < 1.29 is 8.42 Å². The summed E-state index contributed by atoms with van der Waals surface area (Å²) in [4.78, 5) is 1.06. The van der Waals surface area contributed by atoms with Crippen LogP contribution in [0.2, 0.25) is 0 Å². The second-order valence-electron chi connectivity index (χ2n) is 6.51. The summed E-state index contributed by atoms with van der Waals surface area (Å²) in [5.41, 5.74) is 2.19. The van der Waals surface area contributed by atoms with Gasteiger partial charge in [-0.1, -0.05) is 54.6 Å². The number of sulfonamides is 1. The minimum Gasteiger partial charge on any atom is -0.267 e. The Morgan fingerprint density at radius 2 is 1.66 bits per heavy atom. The van der Waals surface area contributed by atoms with Gasteiger partial charge < -0.3 is 0 Å². The van der Waals surface area contributed by atoms with E-state index < -0.39 is 10.0 Å². The highest BCUT2D eigenvalue weighted by molar-refractivity contribution is 7.93. The summed E-state index contributed by atoms with van der Waals surface area (Å²) in [6, 6.07) is 22.9. The molecule has 0 amide bonds. The average molecular weight is 424 g/mol. The van der Waals surface area contributed by atoms with Crippen molar-refractivity contribution in [1.29, 1.82) is 0 Å². The molecule has 29 heavy (non-hydrogen) atoms. The molecule has 0 N–H and O–H groups in total. The quantitative estimate of drug-likeness (QED) is 0.426. The lowest BCUT2D eigenvalue weighted by molar-refractivity contribution is 0.591. The third kappa shape index (κ3) is 3.97. The molecule has 0 bridgehead atoms. The van der Waals surface area contributed by atoms with Crippen LogP contribution in [0.15, 0.2) is 89.3 Å². The summed E-state index contributed by atoms with van der Waals surface area (Å²) in [5.74, 6) is 0. The van der Waals surface area contributed by atoms with Crippen LogP contribution in [0.3, 0.4) is 0 Å². The average Bonchev–Trinajstić information content (AvgIpc) is 3.40. The van der Waals surface area contributed by atoms with Crippen LogP contribution in [0, 0.1) is 0 Å². The number of rotatable bonds is 7. The summed E-state index contributed by atoms with van der Waals surface area (Å²) in [5, 5.41) is 6.57. The van der Waals surface area contributed by atoms with Crippen LogP contribution in [0.1, 0.15) is 12.5 Å². The van der Waals surface area contributed by atoms with E-state index >= 15 is 0 Å². The van der Waals surface area contributed by atoms with Crippen molar-refractivity contribution in [3.63, 3.8) is 0 Å². The molecule has 2 aromatic carbocycles. The molecule has 0 spiro atoms. The third-order valence-electron chi connectivity index (χ3n) is 4.57. The largest absolute Gasteiger partial charge is 0.268 e. The van der Waals surface area contributed by atoms with E-state index in [1.807, 2.05) is 73.0 Å². The number of benzene rings is 2. The number of anilines is 1. The van der Waals surface area contributed by atoms with E-state index in [1.54, 1.807) is 23.0 Å². The maximum absolute atomic E-state index is 13.6. The van der Waals surface area contributed by atoms with E-state index in [1.165, 1.54) is 15.6 Å². The van der Waals surface area contributed by atoms with Crippen molar-refractivity contribution in [2.45, 2.75) is 18.4 Å². The van der Waals surface area contributed by atoms with E-state index in [-0.39, 0.29) is 4.90 Å². The maximum Gasteiger partial charge on any atom is 0.268 e. The van der Waals surface area contributed by atoms with Gasteiger partial charge in [-0.3, -0.25) is 8.99 Å². The molecule has 2 heterocycles. The third-order valence-corrected chi connectivity index (χ3v) is 7.35. The lowest BCUT2D eigenvalue weighted by atomic mass is 10.2. The summed E-state index contributed by atoms with van der Waals surface area (Å²) in [6.07, 6.45) is 1.64. The van der Waals surface area contributed by atoms with E-state index in [0.717, 1.165) is 10.4 Å². The Morgan fingerprint density at radius 3 is 2.28 bits per heavy atom. The zero-order chi connectivity index (χ0) is 20.3. The van der Waals surface area contributed by atoms with Crippen LogP contribution in [0.5, 0.6) is 0 Å². The molecule has 0 aliphatic carbocycles. The van der Waals surface area contributed by atoms with E-state index in [9.17, 15) is 8.42 Å². The number of nitrogens with zero attached hydrogens (tertiary/aromatic N) is 3. The molecule has 4 aromatic rings. The second-order valence-corrected chi connectivity index (χ2v) is 9.29. The number of thiophene rings is 1. The molecular formula is C22H21N3O2S2. The zero-order valence-corrected chi connectivity index (χ0v) is 17.6. The fraction of sp³-hybridized carbons (Fsp3) is 0.136. The van der Waals surface area contributed by atoms with Gasteiger partial charge in [-0.2, -0.15) is 5.10 Å². The Labute approximate surface area is 174 Å². The molecule has 0 aliphatic heterocycles. The van der Waals surface area contributed by atoms with Gasteiger partial charge in [0.05, 0.1) is 17.1 Å². The summed E-state index contributed by atoms with van der Waals surface area (Å²) in [6.45, 7) is 2.68. The summed E-state index contributed by atoms with van der Waals surface area (Å²) < 4.78 is 30.4. The topological polar surface area (TPSA) is 55.2 Å². The number of para-hydroxylation sites is 1. The van der Waals surface area contributed by atoms with Crippen LogP contribution in [-0.2, 0) is 16.6 Å². The molecule has 4 rings (SSSR count). The Kier molecular flexibility index (Phi) is 5.51. The molecule has 0 saturated carbocycles. The zero-order valence-electron chi connectivity index (χ0n) is 16.0. The van der Waals surface area contributed by atoms with Crippen molar-refractivity contribution in [2.24, 2.45) is 0 Å². The molecule has 5 nitrogen and oxygen atoms in total. The predicted octanol–water partition coefficient (Wildman–Crippen LogP) is 4.88. The number of hydrogen-bond acceptors (Lipinski definition) is 4. The molecule has 0 atom stereocenters. The standard InChI is InChI=1S/C22H21N3O2S2/c1-2-25(19-12-7-4-8-13-19)29(26,27)21-17-24(16-18-10-5-3-6-11-18)23-22(21)20-14-9-15-28-20/h3-15,17H,2,16H2,1H3. The Balaban J connectivity index is 1.81. The summed E-state index contributed by atoms with van der Waals surface area (Å²) in [7, 11) is -3.78. The van der Waals surface area contributed by atoms with Crippen molar-refractivity contribution in [3.05, 3.63) is 89.9 Å². The Bertz CT molecular complexity index is 1170. The van der Waals surface area contributed by atoms with Crippen LogP contribution < -0.4 is 4.31 Å². The SMILES string of the molecule is CCN(c1ccccc1)S(=O)(=O)c1cn(Cc2ccccc2)nc1-c1cccs1. The van der Waals surface area contributed by atoms with Crippen LogP contribution in [-0.4, -0.2) is 24.7 Å². The van der Waals surface area contributed by atoms with Gasteiger partial charge in [0.25, 0.3) is 10.0 Å². The van der Waals surface area contributed by atoms with Gasteiger partial charge in [0.15, 0.2) is 0 Å². The minimum atomic E-state index is -3.78. The number of aromatic nitrogens is 2. The van der Waals surface area contributed by atoms with Gasteiger partial charge >= 0.3 is 0 Å². The van der Waals surface area contributed by atoms with E-state index in [2.05, 4.69) is 5.10 Å². The first-order valence-corrected chi connectivity index (χ1v) is 11.6. The highest BCUT2D eigenvalue weighted by atomic mass is 32.2. The van der Waals surface area contributed by atoms with Crippen LogP contribution in [0.25, 0.3) is 10.6 Å². The van der Waals surface area contributed by atoms with Crippen LogP contribution >= 0.6 is 11.3 Å². The Hall–Kier alpha value is -2.90. The van der Waals surface area contributed by atoms with Crippen molar-refractivity contribution >= 4 is 27.0 Å². The second kappa shape index (κ2) is 8.23. The molecular weight excluding hydrogens is 402 g/mol. The fourth-order valence-corrected chi connectivity index (χ4v) is 5.65. The first kappa shape index (κ1) is 19.4. The molecule has 0 radical (unpaired) electrons. The van der Waals surface area contributed by atoms with Crippen molar-refractivity contribution in [1.82, 2.24) is 9.78 Å². The molecule has 0 saturated heterocycles. The lowest BCUT2D eigenvalue weighted by Crippen LogP contribution is -2.30. The normalized spacial score (nSPS) is 11.5. The molecule has 7 heteroatoms. The molecule has 0 fully saturated rings. The van der Waals surface area contributed by atoms with Gasteiger partial charge in [0.2, 0.25) is 0 Å². The lowest BCUT2D eigenvalue weighted by Gasteiger charge is -2.22. The smallest absolute Gasteiger partial charge is 0.267 e. The van der Waals surface area contributed by atoms with E-state index in [0.29, 0.717) is 24.5 Å². The van der Waals surface area contributed by atoms with Gasteiger partial charge in [0, 0.05) is 12.7 Å². The van der Waals surface area contributed by atoms with Gasteiger partial charge in [-0.15, -0.1) is 11.3 Å². The van der Waals surface area contributed by atoms with Gasteiger partial charge in [0.1, 0.15) is 10.6 Å². The highest BCUT2D eigenvalue weighted by Gasteiger charge is 2.30. The molecule has 2 aromatic heterocycles. The monoisotopic (exact) mass is 423 g/mol. The Morgan fingerprint density at radius 1 is 0.966 bits per heavy atom. The molecule has 0 aliphatic rings. The first-order chi connectivity index (χ1) is 14.1. The number of hydrogen-bond donors (Lipinski definition) is 0. The molecule has 148 valence electrons. The van der Waals surface area contributed by atoms with Gasteiger partial charge in [-0.05, 0) is 36.1 Å². The van der Waals surface area contributed by atoms with Crippen molar-refractivity contribution in [2.75, 3.05) is 10.8 Å². The van der Waals surface area contributed by atoms with Gasteiger partial charge in [-0.25, -0.2) is 8.42 Å². The first-order valence-electron chi connectivity index (χ1n) is 9.32. The molecule has 0 unspecified atom stereocenters. The summed E-state index contributed by atoms with van der Waals surface area (Å²) >= 11 is 1.48. The minimum absolute atomic E-state index is 0.224. The van der Waals surface area contributed by atoms with E-state index in [4.69, 9.17) is 0 Å².